The van der Waals surface area contributed by atoms with E-state index in [4.69, 9.17) is 4.74 Å². The molecule has 4 nitrogen and oxygen atoms in total. The summed E-state index contributed by atoms with van der Waals surface area (Å²) in [5.41, 5.74) is 3.60. The van der Waals surface area contributed by atoms with E-state index in [0.29, 0.717) is 18.7 Å². The van der Waals surface area contributed by atoms with Crippen molar-refractivity contribution >= 4 is 0 Å². The standard InChI is InChI=1S/C19H25F2N3O/c1-11(16-9-15(20)5-6-17(16)21)22-10-14-7-8-25-19(14)18-12(2)23-24(4)13(18)3/h5-6,9,11,14,19,22H,7-8,10H2,1-4H3/t11-,14+,19+/m0/s1. The van der Waals surface area contributed by atoms with Crippen LogP contribution in [0.3, 0.4) is 0 Å². The Hall–Kier alpha value is -1.79. The third-order valence-electron chi connectivity index (χ3n) is 5.17. The molecule has 0 saturated carbocycles. The molecule has 1 aliphatic heterocycles. The molecule has 3 atom stereocenters. The summed E-state index contributed by atoms with van der Waals surface area (Å²) in [5, 5.41) is 7.82. The molecule has 6 heteroatoms. The summed E-state index contributed by atoms with van der Waals surface area (Å²) in [6, 6.07) is 3.30. The molecule has 0 aliphatic carbocycles. The lowest BCUT2D eigenvalue weighted by Crippen LogP contribution is -2.28. The van der Waals surface area contributed by atoms with Gasteiger partial charge in [-0.3, -0.25) is 4.68 Å². The van der Waals surface area contributed by atoms with Crippen LogP contribution in [0, 0.1) is 31.4 Å². The van der Waals surface area contributed by atoms with Gasteiger partial charge in [0.25, 0.3) is 0 Å². The zero-order valence-corrected chi connectivity index (χ0v) is 15.1. The first-order valence-electron chi connectivity index (χ1n) is 8.68. The Morgan fingerprint density at radius 2 is 2.12 bits per heavy atom. The SMILES string of the molecule is Cc1nn(C)c(C)c1[C@@H]1OCC[C@@H]1CN[C@@H](C)c1cc(F)ccc1F. The van der Waals surface area contributed by atoms with E-state index in [1.54, 1.807) is 0 Å². The van der Waals surface area contributed by atoms with Crippen molar-refractivity contribution in [2.24, 2.45) is 13.0 Å². The second kappa shape index (κ2) is 7.22. The number of aromatic nitrogens is 2. The molecule has 1 N–H and O–H groups in total. The highest BCUT2D eigenvalue weighted by Gasteiger charge is 2.33. The van der Waals surface area contributed by atoms with Gasteiger partial charge in [-0.05, 0) is 45.4 Å². The largest absolute Gasteiger partial charge is 0.373 e. The summed E-state index contributed by atoms with van der Waals surface area (Å²) >= 11 is 0. The molecular formula is C19H25F2N3O. The number of benzene rings is 1. The van der Waals surface area contributed by atoms with Crippen LogP contribution in [0.2, 0.25) is 0 Å². The van der Waals surface area contributed by atoms with Crippen LogP contribution >= 0.6 is 0 Å². The monoisotopic (exact) mass is 349 g/mol. The van der Waals surface area contributed by atoms with Crippen molar-refractivity contribution in [1.29, 1.82) is 0 Å². The highest BCUT2D eigenvalue weighted by Crippen LogP contribution is 2.37. The molecule has 0 spiro atoms. The molecule has 2 aromatic rings. The van der Waals surface area contributed by atoms with Gasteiger partial charge in [-0.15, -0.1) is 0 Å². The predicted octanol–water partition coefficient (Wildman–Crippen LogP) is 3.74. The number of hydrogen-bond donors (Lipinski definition) is 1. The lowest BCUT2D eigenvalue weighted by molar-refractivity contribution is 0.0888. The first kappa shape index (κ1) is 18.0. The van der Waals surface area contributed by atoms with E-state index >= 15 is 0 Å². The molecule has 1 aliphatic rings. The van der Waals surface area contributed by atoms with Gasteiger partial charge in [0, 0.05) is 49.0 Å². The van der Waals surface area contributed by atoms with Gasteiger partial charge in [0.05, 0.1) is 11.8 Å². The minimum absolute atomic E-state index is 0.00856. The van der Waals surface area contributed by atoms with E-state index in [0.717, 1.165) is 29.4 Å². The van der Waals surface area contributed by atoms with Gasteiger partial charge in [-0.2, -0.15) is 5.10 Å². The van der Waals surface area contributed by atoms with E-state index in [2.05, 4.69) is 10.4 Å². The van der Waals surface area contributed by atoms with Crippen molar-refractivity contribution in [2.45, 2.75) is 39.3 Å². The first-order valence-corrected chi connectivity index (χ1v) is 8.68. The fraction of sp³-hybridized carbons (Fsp3) is 0.526. The number of nitrogens with zero attached hydrogens (tertiary/aromatic N) is 2. The van der Waals surface area contributed by atoms with Crippen molar-refractivity contribution < 1.29 is 13.5 Å². The van der Waals surface area contributed by atoms with E-state index in [1.807, 2.05) is 32.5 Å². The van der Waals surface area contributed by atoms with Gasteiger partial charge in [0.2, 0.25) is 0 Å². The van der Waals surface area contributed by atoms with Crippen LogP contribution in [0.5, 0.6) is 0 Å². The van der Waals surface area contributed by atoms with Crippen LogP contribution in [0.15, 0.2) is 18.2 Å². The van der Waals surface area contributed by atoms with Gasteiger partial charge in [0.15, 0.2) is 0 Å². The van der Waals surface area contributed by atoms with Gasteiger partial charge < -0.3 is 10.1 Å². The molecule has 0 unspecified atom stereocenters. The Morgan fingerprint density at radius 3 is 2.80 bits per heavy atom. The molecule has 2 heterocycles. The molecule has 0 amide bonds. The zero-order chi connectivity index (χ0) is 18.1. The van der Waals surface area contributed by atoms with Gasteiger partial charge in [-0.1, -0.05) is 0 Å². The molecule has 1 aromatic carbocycles. The first-order chi connectivity index (χ1) is 11.9. The third-order valence-corrected chi connectivity index (χ3v) is 5.17. The van der Waals surface area contributed by atoms with Gasteiger partial charge in [0.1, 0.15) is 11.6 Å². The fourth-order valence-electron chi connectivity index (χ4n) is 3.65. The average Bonchev–Trinajstić information content (AvgIpc) is 3.12. The molecule has 136 valence electrons. The zero-order valence-electron chi connectivity index (χ0n) is 15.1. The number of aryl methyl sites for hydroxylation is 2. The van der Waals surface area contributed by atoms with E-state index < -0.39 is 5.82 Å². The summed E-state index contributed by atoms with van der Waals surface area (Å²) in [5.74, 6) is -0.533. The van der Waals surface area contributed by atoms with Crippen LogP contribution < -0.4 is 5.32 Å². The van der Waals surface area contributed by atoms with Gasteiger partial charge in [-0.25, -0.2) is 8.78 Å². The van der Waals surface area contributed by atoms with Gasteiger partial charge >= 0.3 is 0 Å². The molecule has 1 saturated heterocycles. The Labute approximate surface area is 147 Å². The minimum Gasteiger partial charge on any atom is -0.373 e. The summed E-state index contributed by atoms with van der Waals surface area (Å²) < 4.78 is 35.2. The van der Waals surface area contributed by atoms with Crippen molar-refractivity contribution in [2.75, 3.05) is 13.2 Å². The maximum Gasteiger partial charge on any atom is 0.128 e. The fourth-order valence-corrected chi connectivity index (χ4v) is 3.65. The van der Waals surface area contributed by atoms with Crippen LogP contribution in [-0.2, 0) is 11.8 Å². The Balaban J connectivity index is 1.71. The Kier molecular flexibility index (Phi) is 5.20. The number of rotatable bonds is 5. The summed E-state index contributed by atoms with van der Waals surface area (Å²) in [4.78, 5) is 0. The van der Waals surface area contributed by atoms with Crippen molar-refractivity contribution in [3.05, 3.63) is 52.3 Å². The van der Waals surface area contributed by atoms with Crippen LogP contribution in [-0.4, -0.2) is 22.9 Å². The second-order valence-electron chi connectivity index (χ2n) is 6.84. The van der Waals surface area contributed by atoms with E-state index in [9.17, 15) is 8.78 Å². The van der Waals surface area contributed by atoms with E-state index in [-0.39, 0.29) is 23.9 Å². The Morgan fingerprint density at radius 1 is 1.36 bits per heavy atom. The highest BCUT2D eigenvalue weighted by molar-refractivity contribution is 5.28. The number of nitrogens with one attached hydrogen (secondary N) is 1. The minimum atomic E-state index is -0.422. The maximum absolute atomic E-state index is 13.9. The molecular weight excluding hydrogens is 324 g/mol. The summed E-state index contributed by atoms with van der Waals surface area (Å²) in [6.07, 6.45) is 0.926. The van der Waals surface area contributed by atoms with Crippen molar-refractivity contribution in [3.8, 4) is 0 Å². The normalized spacial score (nSPS) is 21.7. The Bertz CT molecular complexity index is 759. The summed E-state index contributed by atoms with van der Waals surface area (Å²) in [7, 11) is 1.93. The molecule has 1 fully saturated rings. The second-order valence-corrected chi connectivity index (χ2v) is 6.84. The molecule has 0 radical (unpaired) electrons. The lowest BCUT2D eigenvalue weighted by atomic mass is 9.93. The van der Waals surface area contributed by atoms with Crippen LogP contribution in [0.25, 0.3) is 0 Å². The van der Waals surface area contributed by atoms with Crippen LogP contribution in [0.1, 0.15) is 48.0 Å². The van der Waals surface area contributed by atoms with Crippen molar-refractivity contribution in [1.82, 2.24) is 15.1 Å². The van der Waals surface area contributed by atoms with Crippen molar-refractivity contribution in [3.63, 3.8) is 0 Å². The lowest BCUT2D eigenvalue weighted by Gasteiger charge is -2.22. The highest BCUT2D eigenvalue weighted by atomic mass is 19.1. The number of ether oxygens (including phenoxy) is 1. The molecule has 0 bridgehead atoms. The number of halogens is 2. The number of hydrogen-bond acceptors (Lipinski definition) is 3. The topological polar surface area (TPSA) is 39.1 Å². The van der Waals surface area contributed by atoms with Crippen LogP contribution in [0.4, 0.5) is 8.78 Å². The summed E-state index contributed by atoms with van der Waals surface area (Å²) in [6.45, 7) is 7.28. The van der Waals surface area contributed by atoms with E-state index in [1.165, 1.54) is 12.1 Å². The predicted molar refractivity (Wildman–Crippen MR) is 92.3 cm³/mol. The smallest absolute Gasteiger partial charge is 0.128 e. The molecule has 25 heavy (non-hydrogen) atoms. The quantitative estimate of drug-likeness (QED) is 0.894. The maximum atomic E-state index is 13.9. The molecule has 1 aromatic heterocycles. The average molecular weight is 349 g/mol. The molecule has 3 rings (SSSR count). The third kappa shape index (κ3) is 3.60.